The Bertz CT molecular complexity index is 1470. The highest BCUT2D eigenvalue weighted by atomic mass is 35.5. The predicted octanol–water partition coefficient (Wildman–Crippen LogP) is 4.32. The highest BCUT2D eigenvalue weighted by molar-refractivity contribution is 7.89. The van der Waals surface area contributed by atoms with Crippen molar-refractivity contribution in [2.45, 2.75) is 11.8 Å². The number of allylic oxidation sites excluding steroid dienone is 1. The molecule has 184 valence electrons. The summed E-state index contributed by atoms with van der Waals surface area (Å²) in [6.45, 7) is 0.789. The fourth-order valence-electron chi connectivity index (χ4n) is 3.63. The molecule has 0 bridgehead atoms. The van der Waals surface area contributed by atoms with Crippen molar-refractivity contribution in [2.24, 2.45) is 0 Å². The van der Waals surface area contributed by atoms with Crippen LogP contribution in [0.3, 0.4) is 0 Å². The Kier molecular flexibility index (Phi) is 7.23. The zero-order valence-electron chi connectivity index (χ0n) is 19.0. The Morgan fingerprint density at radius 1 is 0.861 bits per heavy atom. The topological polar surface area (TPSA) is 107 Å². The Labute approximate surface area is 212 Å². The van der Waals surface area contributed by atoms with Gasteiger partial charge in [0.2, 0.25) is 5.78 Å². The molecule has 0 saturated carbocycles. The molecule has 36 heavy (non-hydrogen) atoms. The number of esters is 2. The molecule has 0 aromatic heterocycles. The van der Waals surface area contributed by atoms with Gasteiger partial charge in [0.1, 0.15) is 12.2 Å². The molecule has 0 atom stereocenters. The molecule has 0 fully saturated rings. The molecular formula is C26H20ClNO7S. The minimum atomic E-state index is -4.39. The van der Waals surface area contributed by atoms with Crippen LogP contribution in [0, 0.1) is 0 Å². The van der Waals surface area contributed by atoms with Gasteiger partial charge in [0, 0.05) is 16.1 Å². The van der Waals surface area contributed by atoms with Crippen LogP contribution >= 0.6 is 11.6 Å². The standard InChI is InChI=1S/C26H20ClNO7S/c1-2-34-22(29)16-28-23(24(30)17-8-4-3-5-9-17)25(20-10-6-7-11-21(20)36(28,32)33)35-26(31)18-12-14-19(27)15-13-18/h3-15H,2,16H2,1H3. The van der Waals surface area contributed by atoms with E-state index in [1.165, 1.54) is 54.6 Å². The van der Waals surface area contributed by atoms with Crippen LogP contribution < -0.4 is 0 Å². The number of halogens is 1. The van der Waals surface area contributed by atoms with Gasteiger partial charge in [0.15, 0.2) is 5.76 Å². The lowest BCUT2D eigenvalue weighted by atomic mass is 10.0. The molecule has 10 heteroatoms. The Balaban J connectivity index is 1.95. The van der Waals surface area contributed by atoms with E-state index in [-0.39, 0.29) is 34.0 Å². The number of fused-ring (bicyclic) bond motifs is 1. The number of rotatable bonds is 7. The van der Waals surface area contributed by atoms with Crippen molar-refractivity contribution in [1.29, 1.82) is 0 Å². The number of sulfonamides is 1. The molecule has 1 heterocycles. The van der Waals surface area contributed by atoms with Crippen molar-refractivity contribution >= 4 is 45.1 Å². The van der Waals surface area contributed by atoms with Crippen LogP contribution in [0.5, 0.6) is 0 Å². The van der Waals surface area contributed by atoms with Gasteiger partial charge in [0.05, 0.1) is 17.1 Å². The third kappa shape index (κ3) is 4.89. The number of carbonyl (C=O) groups excluding carboxylic acids is 3. The maximum Gasteiger partial charge on any atom is 0.343 e. The summed E-state index contributed by atoms with van der Waals surface area (Å²) in [4.78, 5) is 38.9. The van der Waals surface area contributed by atoms with E-state index in [2.05, 4.69) is 0 Å². The number of hydrogen-bond acceptors (Lipinski definition) is 7. The molecule has 1 aliphatic heterocycles. The van der Waals surface area contributed by atoms with Crippen LogP contribution in [-0.4, -0.2) is 43.6 Å². The zero-order chi connectivity index (χ0) is 25.9. The summed E-state index contributed by atoms with van der Waals surface area (Å²) in [5.74, 6) is -2.76. The minimum absolute atomic E-state index is 0.00734. The largest absolute Gasteiger partial charge is 0.465 e. The molecule has 0 amide bonds. The van der Waals surface area contributed by atoms with Gasteiger partial charge in [-0.1, -0.05) is 54.1 Å². The van der Waals surface area contributed by atoms with Crippen molar-refractivity contribution in [3.63, 3.8) is 0 Å². The van der Waals surface area contributed by atoms with Gasteiger partial charge in [-0.05, 0) is 43.3 Å². The summed E-state index contributed by atoms with van der Waals surface area (Å²) in [5.41, 5.74) is -0.202. The maximum atomic E-state index is 13.7. The highest BCUT2D eigenvalue weighted by Gasteiger charge is 2.43. The molecule has 0 radical (unpaired) electrons. The van der Waals surface area contributed by atoms with Crippen LogP contribution in [0.2, 0.25) is 5.02 Å². The first-order valence-corrected chi connectivity index (χ1v) is 12.7. The normalized spacial score (nSPS) is 14.1. The molecule has 0 unspecified atom stereocenters. The van der Waals surface area contributed by atoms with Crippen LogP contribution in [-0.2, 0) is 24.3 Å². The maximum absolute atomic E-state index is 13.7. The minimum Gasteiger partial charge on any atom is -0.465 e. The molecular weight excluding hydrogens is 506 g/mol. The van der Waals surface area contributed by atoms with E-state index in [4.69, 9.17) is 21.1 Å². The predicted molar refractivity (Wildman–Crippen MR) is 132 cm³/mol. The van der Waals surface area contributed by atoms with Crippen LogP contribution in [0.4, 0.5) is 0 Å². The Morgan fingerprint density at radius 2 is 1.50 bits per heavy atom. The number of ketones is 1. The van der Waals surface area contributed by atoms with Gasteiger partial charge in [0.25, 0.3) is 10.0 Å². The second-order valence-corrected chi connectivity index (χ2v) is 9.85. The van der Waals surface area contributed by atoms with Gasteiger partial charge in [-0.2, -0.15) is 0 Å². The lowest BCUT2D eigenvalue weighted by Gasteiger charge is -2.32. The van der Waals surface area contributed by atoms with Crippen LogP contribution in [0.15, 0.2) is 89.5 Å². The van der Waals surface area contributed by atoms with Crippen molar-refractivity contribution < 1.29 is 32.3 Å². The summed E-state index contributed by atoms with van der Waals surface area (Å²) < 4.78 is 38.5. The third-order valence-electron chi connectivity index (χ3n) is 5.27. The summed E-state index contributed by atoms with van der Waals surface area (Å²) in [6.07, 6.45) is 0. The average Bonchev–Trinajstić information content (AvgIpc) is 2.88. The number of hydrogen-bond donors (Lipinski definition) is 0. The third-order valence-corrected chi connectivity index (χ3v) is 7.32. The smallest absolute Gasteiger partial charge is 0.343 e. The number of Topliss-reactive ketones (excluding diaryl/α,β-unsaturated/α-hetero) is 1. The molecule has 8 nitrogen and oxygen atoms in total. The molecule has 0 saturated heterocycles. The van der Waals surface area contributed by atoms with Crippen molar-refractivity contribution in [3.05, 3.63) is 106 Å². The highest BCUT2D eigenvalue weighted by Crippen LogP contribution is 2.39. The molecule has 0 aliphatic carbocycles. The van der Waals surface area contributed by atoms with Crippen LogP contribution in [0.1, 0.15) is 33.2 Å². The van der Waals surface area contributed by atoms with E-state index < -0.39 is 40.0 Å². The van der Waals surface area contributed by atoms with Gasteiger partial charge in [-0.3, -0.25) is 9.59 Å². The molecule has 1 aliphatic rings. The lowest BCUT2D eigenvalue weighted by molar-refractivity contribution is -0.142. The summed E-state index contributed by atoms with van der Waals surface area (Å²) in [5, 5.41) is 0.403. The van der Waals surface area contributed by atoms with Gasteiger partial charge >= 0.3 is 11.9 Å². The summed E-state index contributed by atoms with van der Waals surface area (Å²) >= 11 is 5.91. The Morgan fingerprint density at radius 3 is 2.17 bits per heavy atom. The van der Waals surface area contributed by atoms with Crippen molar-refractivity contribution in [2.75, 3.05) is 13.2 Å². The monoisotopic (exact) mass is 525 g/mol. The van der Waals surface area contributed by atoms with Crippen molar-refractivity contribution in [3.8, 4) is 0 Å². The quantitative estimate of drug-likeness (QED) is 0.334. The SMILES string of the molecule is CCOC(=O)CN1C(C(=O)c2ccccc2)=C(OC(=O)c2ccc(Cl)cc2)c2ccccc2S1(=O)=O. The van der Waals surface area contributed by atoms with Gasteiger partial charge in [-0.25, -0.2) is 17.5 Å². The average molecular weight is 526 g/mol. The van der Waals surface area contributed by atoms with E-state index in [9.17, 15) is 22.8 Å². The molecule has 0 spiro atoms. The van der Waals surface area contributed by atoms with E-state index in [1.807, 2.05) is 0 Å². The molecule has 3 aromatic rings. The van der Waals surface area contributed by atoms with E-state index in [1.54, 1.807) is 31.2 Å². The van der Waals surface area contributed by atoms with Gasteiger partial charge < -0.3 is 9.47 Å². The molecule has 4 rings (SSSR count). The van der Waals surface area contributed by atoms with Crippen molar-refractivity contribution in [1.82, 2.24) is 4.31 Å². The second kappa shape index (κ2) is 10.3. The molecule has 0 N–H and O–H groups in total. The lowest BCUT2D eigenvalue weighted by Crippen LogP contribution is -2.42. The molecule has 3 aromatic carbocycles. The fourth-order valence-corrected chi connectivity index (χ4v) is 5.36. The number of benzene rings is 3. The number of carbonyl (C=O) groups is 3. The second-order valence-electron chi connectivity index (χ2n) is 7.58. The summed E-state index contributed by atoms with van der Waals surface area (Å²) in [6, 6.07) is 19.5. The van der Waals surface area contributed by atoms with E-state index >= 15 is 0 Å². The first kappa shape index (κ1) is 25.2. The first-order chi connectivity index (χ1) is 17.2. The summed E-state index contributed by atoms with van der Waals surface area (Å²) in [7, 11) is -4.39. The zero-order valence-corrected chi connectivity index (χ0v) is 20.6. The number of ether oxygens (including phenoxy) is 2. The Hall–Kier alpha value is -3.95. The van der Waals surface area contributed by atoms with E-state index in [0.29, 0.717) is 9.33 Å². The van der Waals surface area contributed by atoms with Crippen LogP contribution in [0.25, 0.3) is 5.76 Å². The first-order valence-electron chi connectivity index (χ1n) is 10.8. The van der Waals surface area contributed by atoms with E-state index in [0.717, 1.165) is 0 Å². The fraction of sp³-hybridized carbons (Fsp3) is 0.115. The van der Waals surface area contributed by atoms with Gasteiger partial charge in [-0.15, -0.1) is 0 Å². The number of nitrogens with zero attached hydrogens (tertiary/aromatic N) is 1.